The van der Waals surface area contributed by atoms with E-state index in [4.69, 9.17) is 5.11 Å². The highest BCUT2D eigenvalue weighted by atomic mass is 28.3. The molecule has 0 aromatic carbocycles. The lowest BCUT2D eigenvalue weighted by Crippen LogP contribution is -2.35. The van der Waals surface area contributed by atoms with Crippen LogP contribution in [0.5, 0.6) is 0 Å². The van der Waals surface area contributed by atoms with E-state index in [0.717, 1.165) is 0 Å². The molecule has 7 heteroatoms. The van der Waals surface area contributed by atoms with Crippen molar-refractivity contribution in [3.8, 4) is 0 Å². The Morgan fingerprint density at radius 3 is 2.12 bits per heavy atom. The Balaban J connectivity index is 4.43. The minimum absolute atomic E-state index is 0.0997. The van der Waals surface area contributed by atoms with Gasteiger partial charge in [-0.05, 0) is 6.92 Å². The molecule has 0 aliphatic carbocycles. The summed E-state index contributed by atoms with van der Waals surface area (Å²) in [6.45, 7) is 7.19. The maximum Gasteiger partial charge on any atom is 0.516 e. The normalized spacial score (nSPS) is 12.7. The molecule has 0 saturated carbocycles. The predicted molar refractivity (Wildman–Crippen MR) is 62.5 cm³/mol. The molecule has 0 bridgehead atoms. The van der Waals surface area contributed by atoms with Gasteiger partial charge in [-0.3, -0.25) is 9.59 Å². The van der Waals surface area contributed by atoms with Crippen LogP contribution in [0.2, 0.25) is 25.2 Å². The van der Waals surface area contributed by atoms with Gasteiger partial charge in [0.15, 0.2) is 0 Å². The zero-order valence-corrected chi connectivity index (χ0v) is 11.5. The summed E-state index contributed by atoms with van der Waals surface area (Å²) in [4.78, 5) is 33.2. The van der Waals surface area contributed by atoms with E-state index in [0.29, 0.717) is 0 Å². The lowest BCUT2D eigenvalue weighted by Gasteiger charge is -2.23. The van der Waals surface area contributed by atoms with Gasteiger partial charge in [0.05, 0.1) is 26.6 Å². The quantitative estimate of drug-likeness (QED) is 0.462. The second kappa shape index (κ2) is 6.38. The second-order valence-corrected chi connectivity index (χ2v) is 10.0. The molecule has 0 fully saturated rings. The minimum Gasteiger partial charge on any atom is -0.481 e. The van der Waals surface area contributed by atoms with Crippen molar-refractivity contribution in [1.82, 2.24) is 0 Å². The Labute approximate surface area is 101 Å². The molecule has 17 heavy (non-hydrogen) atoms. The minimum atomic E-state index is -2.03. The van der Waals surface area contributed by atoms with Gasteiger partial charge in [0.2, 0.25) is 0 Å². The molecule has 1 atom stereocenters. The van der Waals surface area contributed by atoms with Crippen molar-refractivity contribution in [2.45, 2.75) is 38.5 Å². The van der Waals surface area contributed by atoms with Crippen LogP contribution in [0.1, 0.15) is 13.3 Å². The maximum atomic E-state index is 11.3. The van der Waals surface area contributed by atoms with Gasteiger partial charge in [0.1, 0.15) is 0 Å². The summed E-state index contributed by atoms with van der Waals surface area (Å²) in [5.74, 6) is -1.90. The van der Waals surface area contributed by atoms with Crippen molar-refractivity contribution in [1.29, 1.82) is 0 Å². The van der Waals surface area contributed by atoms with Gasteiger partial charge in [-0.2, -0.15) is 0 Å². The lowest BCUT2D eigenvalue weighted by molar-refractivity contribution is -0.145. The van der Waals surface area contributed by atoms with Gasteiger partial charge < -0.3 is 14.6 Å². The number of aliphatic carboxylic acids is 1. The fourth-order valence-corrected chi connectivity index (χ4v) is 2.73. The molecule has 0 aromatic rings. The van der Waals surface area contributed by atoms with Gasteiger partial charge in [-0.1, -0.05) is 19.6 Å². The number of carbonyl (C=O) groups excluding carboxylic acids is 2. The van der Waals surface area contributed by atoms with Crippen LogP contribution in [0.4, 0.5) is 4.79 Å². The number of carboxylic acids is 1. The zero-order valence-electron chi connectivity index (χ0n) is 10.5. The van der Waals surface area contributed by atoms with E-state index in [-0.39, 0.29) is 13.0 Å². The van der Waals surface area contributed by atoms with Crippen LogP contribution in [0, 0.1) is 0 Å². The van der Waals surface area contributed by atoms with Gasteiger partial charge in [0, 0.05) is 0 Å². The molecular weight excluding hydrogens is 244 g/mol. The molecule has 0 amide bonds. The SMILES string of the molecule is CCOC(=O)OC(=O)CC(C(=O)O)[Si](C)(C)C. The number of hydrogen-bond acceptors (Lipinski definition) is 5. The molecule has 0 radical (unpaired) electrons. The number of carbonyl (C=O) groups is 3. The van der Waals surface area contributed by atoms with Crippen molar-refractivity contribution in [3.05, 3.63) is 0 Å². The van der Waals surface area contributed by atoms with E-state index in [2.05, 4.69) is 9.47 Å². The lowest BCUT2D eigenvalue weighted by atomic mass is 10.3. The van der Waals surface area contributed by atoms with Crippen LogP contribution in [-0.4, -0.2) is 37.9 Å². The van der Waals surface area contributed by atoms with Crippen molar-refractivity contribution >= 4 is 26.2 Å². The molecule has 0 rings (SSSR count). The van der Waals surface area contributed by atoms with Crippen LogP contribution in [0.25, 0.3) is 0 Å². The third-order valence-electron chi connectivity index (χ3n) is 2.17. The summed E-state index contributed by atoms with van der Waals surface area (Å²) in [5.41, 5.74) is -0.774. The van der Waals surface area contributed by atoms with Gasteiger partial charge in [-0.15, -0.1) is 0 Å². The smallest absolute Gasteiger partial charge is 0.481 e. The Hall–Kier alpha value is -1.37. The monoisotopic (exact) mass is 262 g/mol. The summed E-state index contributed by atoms with van der Waals surface area (Å²) in [6, 6.07) is 0. The van der Waals surface area contributed by atoms with Crippen LogP contribution < -0.4 is 0 Å². The number of esters is 1. The Kier molecular flexibility index (Phi) is 5.87. The van der Waals surface area contributed by atoms with Crippen LogP contribution in [0.3, 0.4) is 0 Å². The molecule has 0 aliphatic heterocycles. The van der Waals surface area contributed by atoms with Crippen LogP contribution >= 0.6 is 0 Å². The summed E-state index contributed by atoms with van der Waals surface area (Å²) < 4.78 is 8.75. The standard InChI is InChI=1S/C10H18O6Si/c1-5-15-10(14)16-8(11)6-7(9(12)13)17(2,3)4/h7H,5-6H2,1-4H3,(H,12,13). The zero-order chi connectivity index (χ0) is 13.6. The van der Waals surface area contributed by atoms with Crippen LogP contribution in [-0.2, 0) is 19.1 Å². The number of hydrogen-bond donors (Lipinski definition) is 1. The van der Waals surface area contributed by atoms with E-state index >= 15 is 0 Å². The summed E-state index contributed by atoms with van der Waals surface area (Å²) in [5, 5.41) is 9.01. The first kappa shape index (κ1) is 15.6. The summed E-state index contributed by atoms with van der Waals surface area (Å²) >= 11 is 0. The molecule has 0 aromatic heterocycles. The highest BCUT2D eigenvalue weighted by molar-refractivity contribution is 6.80. The van der Waals surface area contributed by atoms with E-state index in [1.807, 2.05) is 19.6 Å². The molecule has 0 aliphatic rings. The average Bonchev–Trinajstić information content (AvgIpc) is 2.12. The third-order valence-corrected chi connectivity index (χ3v) is 4.72. The van der Waals surface area contributed by atoms with Gasteiger partial charge in [-0.25, -0.2) is 4.79 Å². The fraction of sp³-hybridized carbons (Fsp3) is 0.700. The van der Waals surface area contributed by atoms with Crippen molar-refractivity contribution < 1.29 is 29.0 Å². The molecule has 0 saturated heterocycles. The van der Waals surface area contributed by atoms with Crippen molar-refractivity contribution in [3.63, 3.8) is 0 Å². The van der Waals surface area contributed by atoms with Gasteiger partial charge in [0.25, 0.3) is 0 Å². The second-order valence-electron chi connectivity index (χ2n) is 4.62. The van der Waals surface area contributed by atoms with E-state index in [1.54, 1.807) is 6.92 Å². The molecule has 0 spiro atoms. The van der Waals surface area contributed by atoms with E-state index in [1.165, 1.54) is 0 Å². The van der Waals surface area contributed by atoms with Crippen LogP contribution in [0.15, 0.2) is 0 Å². The molecule has 98 valence electrons. The maximum absolute atomic E-state index is 11.3. The van der Waals surface area contributed by atoms with E-state index < -0.39 is 31.7 Å². The topological polar surface area (TPSA) is 89.9 Å². The third kappa shape index (κ3) is 6.05. The summed E-state index contributed by atoms with van der Waals surface area (Å²) in [7, 11) is -2.03. The van der Waals surface area contributed by atoms with Gasteiger partial charge >= 0.3 is 18.1 Å². The first-order valence-electron chi connectivity index (χ1n) is 5.28. The highest BCUT2D eigenvalue weighted by Crippen LogP contribution is 2.26. The molecular formula is C10H18O6Si. The average molecular weight is 262 g/mol. The predicted octanol–water partition coefficient (Wildman–Crippen LogP) is 1.87. The van der Waals surface area contributed by atoms with Crippen molar-refractivity contribution in [2.75, 3.05) is 6.61 Å². The highest BCUT2D eigenvalue weighted by Gasteiger charge is 2.35. The number of rotatable bonds is 5. The molecule has 0 heterocycles. The molecule has 1 N–H and O–H groups in total. The molecule has 6 nitrogen and oxygen atoms in total. The molecule has 1 unspecified atom stereocenters. The number of carboxylic acid groups (broad SMARTS) is 1. The Morgan fingerprint density at radius 1 is 1.24 bits per heavy atom. The fourth-order valence-electron chi connectivity index (χ4n) is 1.21. The summed E-state index contributed by atoms with van der Waals surface area (Å²) in [6.07, 6.45) is -1.39. The van der Waals surface area contributed by atoms with Crippen molar-refractivity contribution in [2.24, 2.45) is 0 Å². The Morgan fingerprint density at radius 2 is 1.76 bits per heavy atom. The number of ether oxygens (including phenoxy) is 2. The first-order valence-corrected chi connectivity index (χ1v) is 8.86. The first-order chi connectivity index (χ1) is 7.68. The largest absolute Gasteiger partial charge is 0.516 e. The van der Waals surface area contributed by atoms with E-state index in [9.17, 15) is 14.4 Å². The Bertz CT molecular complexity index is 306.